The van der Waals surface area contributed by atoms with E-state index in [0.29, 0.717) is 58.0 Å². The zero-order valence-corrected chi connectivity index (χ0v) is 37.3. The molecule has 0 bridgehead atoms. The predicted molar refractivity (Wildman–Crippen MR) is 220 cm³/mol. The quantitative estimate of drug-likeness (QED) is 0.184. The molecule has 0 aromatic heterocycles. The van der Waals surface area contributed by atoms with E-state index >= 15 is 0 Å². The summed E-state index contributed by atoms with van der Waals surface area (Å²) in [6.07, 6.45) is 6.48. The van der Waals surface area contributed by atoms with Gasteiger partial charge in [-0.1, -0.05) is 55.4 Å². The Kier molecular flexibility index (Phi) is 14.4. The number of hydrogen-bond donors (Lipinski definition) is 4. The van der Waals surface area contributed by atoms with Crippen LogP contribution in [-0.4, -0.2) is 124 Å². The van der Waals surface area contributed by atoms with Crippen LogP contribution in [0.3, 0.4) is 0 Å². The molecule has 1 amide bonds. The second-order valence-electron chi connectivity index (χ2n) is 19.7. The summed E-state index contributed by atoms with van der Waals surface area (Å²) in [5.41, 5.74) is -1.62. The third kappa shape index (κ3) is 8.63. The van der Waals surface area contributed by atoms with E-state index < -0.39 is 52.9 Å². The molecule has 0 unspecified atom stereocenters. The summed E-state index contributed by atoms with van der Waals surface area (Å²) in [4.78, 5) is 30.2. The minimum Gasteiger partial charge on any atom is -0.392 e. The number of piperazine rings is 1. The Labute approximate surface area is 348 Å². The maximum atomic E-state index is 14.6. The molecule has 0 aromatic rings. The minimum atomic E-state index is -1.36. The highest BCUT2D eigenvalue weighted by Crippen LogP contribution is 2.54. The standard InChI is InChI=1S/C46H78N2O10/c1-11-33(42(52)48-24-22-47-23-25-48)35-15-14-27(4)40(55-35)31(8)38(50)30(7)39(51)34(12-2)41-28(5)26-29(6)45(56-41)19-16-36(49)46(58-45)21-20-43(10,57-46)37-17-18-44(53,13-3)32(9)54-37/h16,19,27-38,40-41,47,49-50,53H,11-15,17-18,20-26H2,1-10H3/t27-,28-,29+,30-,31-,32-,33+,34-,35+,36+,37+,38+,40+,41-,43-,44+,45-,46-/m0/s1. The molecule has 18 atom stereocenters. The Balaban J connectivity index is 1.14. The van der Waals surface area contributed by atoms with Gasteiger partial charge in [0.05, 0.1) is 53.7 Å². The molecule has 2 spiro atoms. The highest BCUT2D eigenvalue weighted by atomic mass is 16.8. The summed E-state index contributed by atoms with van der Waals surface area (Å²) in [6, 6.07) is 0. The van der Waals surface area contributed by atoms with E-state index in [1.54, 1.807) is 6.08 Å². The first-order valence-corrected chi connectivity index (χ1v) is 23.1. The molecule has 5 fully saturated rings. The number of amides is 1. The lowest BCUT2D eigenvalue weighted by Gasteiger charge is -2.54. The van der Waals surface area contributed by atoms with Crippen molar-refractivity contribution < 1.29 is 48.6 Å². The Morgan fingerprint density at radius 3 is 2.22 bits per heavy atom. The van der Waals surface area contributed by atoms with Gasteiger partial charge in [0.2, 0.25) is 11.7 Å². The lowest BCUT2D eigenvalue weighted by molar-refractivity contribution is -0.409. The van der Waals surface area contributed by atoms with E-state index in [0.717, 1.165) is 32.4 Å². The highest BCUT2D eigenvalue weighted by Gasteiger charge is 2.63. The molecule has 0 radical (unpaired) electrons. The number of aliphatic hydroxyl groups excluding tert-OH is 2. The van der Waals surface area contributed by atoms with Crippen LogP contribution in [0.15, 0.2) is 12.2 Å². The van der Waals surface area contributed by atoms with Gasteiger partial charge in [0, 0.05) is 56.3 Å². The van der Waals surface area contributed by atoms with Crippen molar-refractivity contribution in [3.05, 3.63) is 12.2 Å². The normalized spacial score (nSPS) is 44.8. The first-order valence-electron chi connectivity index (χ1n) is 23.1. The number of Topliss-reactive ketones (excluding diaryl/α,β-unsaturated/α-hetero) is 1. The summed E-state index contributed by atoms with van der Waals surface area (Å²) < 4.78 is 34.0. The molecule has 12 nitrogen and oxygen atoms in total. The van der Waals surface area contributed by atoms with Crippen LogP contribution in [0.1, 0.15) is 133 Å². The molecular weight excluding hydrogens is 741 g/mol. The molecule has 4 N–H and O–H groups in total. The number of nitrogens with zero attached hydrogens (tertiary/aromatic N) is 1. The van der Waals surface area contributed by atoms with Crippen molar-refractivity contribution in [2.75, 3.05) is 26.2 Å². The molecule has 0 aromatic carbocycles. The van der Waals surface area contributed by atoms with Crippen molar-refractivity contribution >= 4 is 11.7 Å². The van der Waals surface area contributed by atoms with Crippen molar-refractivity contribution in [2.45, 2.75) is 199 Å². The third-order valence-corrected chi connectivity index (χ3v) is 15.9. The zero-order valence-electron chi connectivity index (χ0n) is 37.3. The average molecular weight is 819 g/mol. The lowest BCUT2D eigenvalue weighted by atomic mass is 9.72. The second kappa shape index (κ2) is 18.1. The lowest BCUT2D eigenvalue weighted by Crippen LogP contribution is -2.63. The van der Waals surface area contributed by atoms with Crippen LogP contribution in [-0.2, 0) is 33.3 Å². The predicted octanol–water partition coefficient (Wildman–Crippen LogP) is 5.54. The minimum absolute atomic E-state index is 0.0296. The highest BCUT2D eigenvalue weighted by molar-refractivity contribution is 5.84. The van der Waals surface area contributed by atoms with Gasteiger partial charge in [0.25, 0.3) is 0 Å². The van der Waals surface area contributed by atoms with Crippen LogP contribution in [0.5, 0.6) is 0 Å². The number of carbonyl (C=O) groups excluding carboxylic acids is 2. The molecule has 12 heteroatoms. The molecule has 6 heterocycles. The number of hydrogen-bond acceptors (Lipinski definition) is 11. The van der Waals surface area contributed by atoms with Crippen LogP contribution in [0.2, 0.25) is 0 Å². The number of ether oxygens (including phenoxy) is 5. The first kappa shape index (κ1) is 46.0. The molecule has 5 saturated heterocycles. The van der Waals surface area contributed by atoms with Crippen LogP contribution in [0.4, 0.5) is 0 Å². The second-order valence-corrected chi connectivity index (χ2v) is 19.7. The number of aliphatic hydroxyl groups is 3. The van der Waals surface area contributed by atoms with E-state index in [-0.39, 0.29) is 65.7 Å². The smallest absolute Gasteiger partial charge is 0.228 e. The van der Waals surface area contributed by atoms with Gasteiger partial charge in [-0.25, -0.2) is 0 Å². The number of nitrogens with one attached hydrogen (secondary N) is 1. The average Bonchev–Trinajstić information content (AvgIpc) is 3.56. The van der Waals surface area contributed by atoms with Crippen molar-refractivity contribution in [1.29, 1.82) is 0 Å². The van der Waals surface area contributed by atoms with Gasteiger partial charge in [-0.05, 0) is 95.6 Å². The van der Waals surface area contributed by atoms with Gasteiger partial charge < -0.3 is 49.2 Å². The number of ketones is 1. The maximum Gasteiger partial charge on any atom is 0.228 e. The summed E-state index contributed by atoms with van der Waals surface area (Å²) in [6.45, 7) is 23.1. The largest absolute Gasteiger partial charge is 0.392 e. The molecular formula is C46H78N2O10. The summed E-state index contributed by atoms with van der Waals surface area (Å²) >= 11 is 0. The van der Waals surface area contributed by atoms with Crippen molar-refractivity contribution in [3.63, 3.8) is 0 Å². The molecule has 0 aliphatic carbocycles. The van der Waals surface area contributed by atoms with Gasteiger partial charge in [-0.15, -0.1) is 0 Å². The summed E-state index contributed by atoms with van der Waals surface area (Å²) in [5, 5.41) is 37.9. The van der Waals surface area contributed by atoms with Gasteiger partial charge in [0.15, 0.2) is 5.79 Å². The van der Waals surface area contributed by atoms with E-state index in [1.807, 2.05) is 52.5 Å². The number of rotatable bonds is 12. The topological polar surface area (TPSA) is 156 Å². The van der Waals surface area contributed by atoms with Crippen molar-refractivity contribution in [3.8, 4) is 0 Å². The Bertz CT molecular complexity index is 1460. The number of carbonyl (C=O) groups is 2. The Morgan fingerprint density at radius 2 is 1.59 bits per heavy atom. The molecule has 6 aliphatic heterocycles. The molecule has 6 rings (SSSR count). The summed E-state index contributed by atoms with van der Waals surface area (Å²) in [7, 11) is 0. The van der Waals surface area contributed by atoms with Gasteiger partial charge >= 0.3 is 0 Å². The van der Waals surface area contributed by atoms with E-state index in [9.17, 15) is 24.9 Å². The zero-order chi connectivity index (χ0) is 42.4. The Morgan fingerprint density at radius 1 is 0.897 bits per heavy atom. The van der Waals surface area contributed by atoms with Crippen LogP contribution < -0.4 is 5.32 Å². The fourth-order valence-corrected chi connectivity index (χ4v) is 11.6. The van der Waals surface area contributed by atoms with E-state index in [2.05, 4.69) is 33.0 Å². The Hall–Kier alpha value is -1.48. The SMILES string of the molecule is CC[C@@H](C(=O)[C@@H](C)[C@@H](O)[C@H](C)[C@@H]1O[C@@H]([C@@H](CC)C(=O)N2CCNCC2)CC[C@@H]1C)[C@H]1O[C@]2(C=C[C@@H](O)[C@]3(CC[C@@](C)([C@H]4CC[C@](O)(CC)[C@H](C)O4)O3)O2)[C@H](C)C[C@@H]1C. The fourth-order valence-electron chi connectivity index (χ4n) is 11.6. The van der Waals surface area contributed by atoms with Crippen molar-refractivity contribution in [2.24, 2.45) is 41.4 Å². The van der Waals surface area contributed by atoms with Crippen molar-refractivity contribution in [1.82, 2.24) is 10.2 Å². The van der Waals surface area contributed by atoms with Gasteiger partial charge in [0.1, 0.15) is 11.9 Å². The monoisotopic (exact) mass is 819 g/mol. The van der Waals surface area contributed by atoms with Crippen LogP contribution >= 0.6 is 0 Å². The van der Waals surface area contributed by atoms with E-state index in [1.165, 1.54) is 0 Å². The van der Waals surface area contributed by atoms with Gasteiger partial charge in [-0.2, -0.15) is 0 Å². The molecule has 332 valence electrons. The third-order valence-electron chi connectivity index (χ3n) is 15.9. The first-order chi connectivity index (χ1) is 27.4. The molecule has 58 heavy (non-hydrogen) atoms. The maximum absolute atomic E-state index is 14.6. The van der Waals surface area contributed by atoms with Crippen LogP contribution in [0.25, 0.3) is 0 Å². The summed E-state index contributed by atoms with van der Waals surface area (Å²) in [5.74, 6) is -4.11. The van der Waals surface area contributed by atoms with Gasteiger partial charge in [-0.3, -0.25) is 9.59 Å². The molecule has 6 aliphatic rings. The fraction of sp³-hybridized carbons (Fsp3) is 0.913. The van der Waals surface area contributed by atoms with Crippen LogP contribution in [0, 0.1) is 41.4 Å². The van der Waals surface area contributed by atoms with E-state index in [4.69, 9.17) is 23.7 Å². The molecule has 0 saturated carbocycles.